The van der Waals surface area contributed by atoms with Gasteiger partial charge in [0.15, 0.2) is 0 Å². The average molecular weight is 224 g/mol. The summed E-state index contributed by atoms with van der Waals surface area (Å²) >= 11 is 0. The fourth-order valence-electron chi connectivity index (χ4n) is 2.36. The summed E-state index contributed by atoms with van der Waals surface area (Å²) in [5.41, 5.74) is 7.05. The Kier molecular flexibility index (Phi) is 3.63. The molecule has 0 aromatic heterocycles. The number of hydrogen-bond acceptors (Lipinski definition) is 0. The van der Waals surface area contributed by atoms with Crippen molar-refractivity contribution < 1.29 is 0 Å². The molecule has 0 aliphatic carbocycles. The molecular weight excluding hydrogens is 204 g/mol. The van der Waals surface area contributed by atoms with Crippen molar-refractivity contribution in [3.8, 4) is 11.1 Å². The highest BCUT2D eigenvalue weighted by Crippen LogP contribution is 2.30. The Morgan fingerprint density at radius 2 is 1.59 bits per heavy atom. The highest BCUT2D eigenvalue weighted by molar-refractivity contribution is 5.72. The lowest BCUT2D eigenvalue weighted by Gasteiger charge is -2.14. The van der Waals surface area contributed by atoms with Crippen LogP contribution in [-0.4, -0.2) is 0 Å². The third-order valence-corrected chi connectivity index (χ3v) is 3.40. The molecule has 0 amide bonds. The van der Waals surface area contributed by atoms with Gasteiger partial charge in [0.2, 0.25) is 0 Å². The van der Waals surface area contributed by atoms with Crippen LogP contribution in [0.4, 0.5) is 0 Å². The van der Waals surface area contributed by atoms with E-state index in [1.807, 2.05) is 0 Å². The highest BCUT2D eigenvalue weighted by Gasteiger charge is 2.09. The van der Waals surface area contributed by atoms with Crippen LogP contribution in [-0.2, 0) is 6.42 Å². The van der Waals surface area contributed by atoms with Crippen LogP contribution >= 0.6 is 0 Å². The van der Waals surface area contributed by atoms with Gasteiger partial charge in [-0.3, -0.25) is 0 Å². The lowest BCUT2D eigenvalue weighted by Crippen LogP contribution is -1.95. The van der Waals surface area contributed by atoms with Gasteiger partial charge in [0, 0.05) is 0 Å². The minimum absolute atomic E-state index is 1.16. The quantitative estimate of drug-likeness (QED) is 0.694. The van der Waals surface area contributed by atoms with Crippen molar-refractivity contribution in [2.45, 2.75) is 33.6 Å². The number of benzene rings is 2. The Bertz CT molecular complexity index is 495. The standard InChI is InChI=1S/C17H20/c1-4-8-15-12-11-13(2)14(3)17(15)16-9-6-5-7-10-16/h5-7,9-12H,4,8H2,1-3H3. The van der Waals surface area contributed by atoms with Gasteiger partial charge in [-0.1, -0.05) is 55.8 Å². The molecule has 0 aliphatic rings. The molecule has 17 heavy (non-hydrogen) atoms. The van der Waals surface area contributed by atoms with E-state index in [0.29, 0.717) is 0 Å². The van der Waals surface area contributed by atoms with E-state index in [0.717, 1.165) is 6.42 Å². The van der Waals surface area contributed by atoms with Crippen LogP contribution in [0.15, 0.2) is 42.5 Å². The van der Waals surface area contributed by atoms with Gasteiger partial charge in [-0.05, 0) is 48.1 Å². The molecule has 0 heterocycles. The fraction of sp³-hybridized carbons (Fsp3) is 0.294. The SMILES string of the molecule is CCCc1ccc(C)c(C)c1-c1ccccc1. The van der Waals surface area contributed by atoms with Crippen molar-refractivity contribution in [1.29, 1.82) is 0 Å². The average Bonchev–Trinajstić information content (AvgIpc) is 2.36. The molecule has 0 saturated heterocycles. The molecule has 0 spiro atoms. The first-order valence-electron chi connectivity index (χ1n) is 6.38. The summed E-state index contributed by atoms with van der Waals surface area (Å²) in [6.07, 6.45) is 2.35. The third kappa shape index (κ3) is 2.41. The van der Waals surface area contributed by atoms with Crippen molar-refractivity contribution in [2.24, 2.45) is 0 Å². The first kappa shape index (κ1) is 11.9. The summed E-state index contributed by atoms with van der Waals surface area (Å²) in [4.78, 5) is 0. The topological polar surface area (TPSA) is 0 Å². The maximum Gasteiger partial charge on any atom is -0.0120 e. The monoisotopic (exact) mass is 224 g/mol. The molecule has 0 N–H and O–H groups in total. The minimum atomic E-state index is 1.16. The van der Waals surface area contributed by atoms with E-state index in [4.69, 9.17) is 0 Å². The fourth-order valence-corrected chi connectivity index (χ4v) is 2.36. The molecular formula is C17H20. The summed E-state index contributed by atoms with van der Waals surface area (Å²) in [5, 5.41) is 0. The molecule has 0 fully saturated rings. The molecule has 0 unspecified atom stereocenters. The third-order valence-electron chi connectivity index (χ3n) is 3.40. The zero-order valence-electron chi connectivity index (χ0n) is 11.0. The summed E-state index contributed by atoms with van der Waals surface area (Å²) < 4.78 is 0. The molecule has 0 heteroatoms. The van der Waals surface area contributed by atoms with Crippen LogP contribution in [0.25, 0.3) is 11.1 Å². The Morgan fingerprint density at radius 1 is 0.882 bits per heavy atom. The molecule has 2 rings (SSSR count). The molecule has 0 bridgehead atoms. The minimum Gasteiger partial charge on any atom is -0.0651 e. The van der Waals surface area contributed by atoms with E-state index in [1.165, 1.54) is 34.2 Å². The van der Waals surface area contributed by atoms with E-state index >= 15 is 0 Å². The number of rotatable bonds is 3. The summed E-state index contributed by atoms with van der Waals surface area (Å²) in [7, 11) is 0. The second-order valence-corrected chi connectivity index (χ2v) is 4.66. The molecule has 0 radical (unpaired) electrons. The van der Waals surface area contributed by atoms with Crippen LogP contribution < -0.4 is 0 Å². The van der Waals surface area contributed by atoms with E-state index in [-0.39, 0.29) is 0 Å². The van der Waals surface area contributed by atoms with Gasteiger partial charge < -0.3 is 0 Å². The molecule has 88 valence electrons. The van der Waals surface area contributed by atoms with E-state index < -0.39 is 0 Å². The largest absolute Gasteiger partial charge is 0.0651 e. The van der Waals surface area contributed by atoms with Crippen molar-refractivity contribution in [3.05, 3.63) is 59.2 Å². The zero-order valence-corrected chi connectivity index (χ0v) is 11.0. The van der Waals surface area contributed by atoms with Gasteiger partial charge in [0.05, 0.1) is 0 Å². The van der Waals surface area contributed by atoms with Crippen LogP contribution in [0.1, 0.15) is 30.0 Å². The molecule has 2 aromatic carbocycles. The maximum atomic E-state index is 2.29. The van der Waals surface area contributed by atoms with E-state index in [2.05, 4.69) is 63.2 Å². The lowest BCUT2D eigenvalue weighted by atomic mass is 9.90. The van der Waals surface area contributed by atoms with Crippen molar-refractivity contribution >= 4 is 0 Å². The van der Waals surface area contributed by atoms with Gasteiger partial charge in [-0.15, -0.1) is 0 Å². The second kappa shape index (κ2) is 5.18. The first-order chi connectivity index (χ1) is 8.24. The smallest absolute Gasteiger partial charge is 0.0120 e. The predicted molar refractivity (Wildman–Crippen MR) is 75.3 cm³/mol. The van der Waals surface area contributed by atoms with Crippen LogP contribution in [0.2, 0.25) is 0 Å². The van der Waals surface area contributed by atoms with Crippen LogP contribution in [0.5, 0.6) is 0 Å². The van der Waals surface area contributed by atoms with Gasteiger partial charge in [0.1, 0.15) is 0 Å². The highest BCUT2D eigenvalue weighted by atomic mass is 14.1. The number of aryl methyl sites for hydroxylation is 2. The normalized spacial score (nSPS) is 10.5. The predicted octanol–water partition coefficient (Wildman–Crippen LogP) is 4.92. The van der Waals surface area contributed by atoms with Crippen LogP contribution in [0.3, 0.4) is 0 Å². The molecule has 0 saturated carbocycles. The Morgan fingerprint density at radius 3 is 2.24 bits per heavy atom. The maximum absolute atomic E-state index is 2.29. The molecule has 0 aliphatic heterocycles. The van der Waals surface area contributed by atoms with E-state index in [1.54, 1.807) is 0 Å². The Labute approximate surface area is 104 Å². The molecule has 2 aromatic rings. The summed E-state index contributed by atoms with van der Waals surface area (Å²) in [6.45, 7) is 6.66. The van der Waals surface area contributed by atoms with Gasteiger partial charge in [-0.2, -0.15) is 0 Å². The molecule has 0 nitrogen and oxygen atoms in total. The second-order valence-electron chi connectivity index (χ2n) is 4.66. The van der Waals surface area contributed by atoms with Gasteiger partial charge in [0.25, 0.3) is 0 Å². The van der Waals surface area contributed by atoms with Crippen molar-refractivity contribution in [1.82, 2.24) is 0 Å². The van der Waals surface area contributed by atoms with E-state index in [9.17, 15) is 0 Å². The summed E-state index contributed by atoms with van der Waals surface area (Å²) in [6, 6.07) is 15.3. The Hall–Kier alpha value is -1.56. The first-order valence-corrected chi connectivity index (χ1v) is 6.38. The number of hydrogen-bond donors (Lipinski definition) is 0. The van der Waals surface area contributed by atoms with Gasteiger partial charge >= 0.3 is 0 Å². The Balaban J connectivity index is 2.61. The van der Waals surface area contributed by atoms with Gasteiger partial charge in [-0.25, -0.2) is 0 Å². The summed E-state index contributed by atoms with van der Waals surface area (Å²) in [5.74, 6) is 0. The zero-order chi connectivity index (χ0) is 12.3. The van der Waals surface area contributed by atoms with Crippen molar-refractivity contribution in [3.63, 3.8) is 0 Å². The van der Waals surface area contributed by atoms with Crippen molar-refractivity contribution in [2.75, 3.05) is 0 Å². The lowest BCUT2D eigenvalue weighted by molar-refractivity contribution is 0.921. The molecule has 0 atom stereocenters. The van der Waals surface area contributed by atoms with Crippen LogP contribution in [0, 0.1) is 13.8 Å².